The zero-order valence-electron chi connectivity index (χ0n) is 35.6. The molecule has 0 amide bonds. The van der Waals surface area contributed by atoms with Crippen LogP contribution in [0, 0.1) is 0 Å². The Bertz CT molecular complexity index is 3740. The highest BCUT2D eigenvalue weighted by atomic mass is 16.3. The van der Waals surface area contributed by atoms with Crippen molar-refractivity contribution in [2.75, 3.05) is 4.90 Å². The van der Waals surface area contributed by atoms with E-state index in [2.05, 4.69) is 242 Å². The van der Waals surface area contributed by atoms with Gasteiger partial charge in [0.1, 0.15) is 5.58 Å². The van der Waals surface area contributed by atoms with Gasteiger partial charge in [0, 0.05) is 44.0 Å². The number of para-hydroxylation sites is 3. The molecule has 0 saturated carbocycles. The summed E-state index contributed by atoms with van der Waals surface area (Å²) in [6.07, 6.45) is 0. The van der Waals surface area contributed by atoms with Gasteiger partial charge in [0.2, 0.25) is 0 Å². The highest BCUT2D eigenvalue weighted by Gasteiger charge is 2.36. The minimum Gasteiger partial charge on any atom is -0.454 e. The fourth-order valence-electron chi connectivity index (χ4n) is 10.6. The average Bonchev–Trinajstić information content (AvgIpc) is 3.98. The van der Waals surface area contributed by atoms with Gasteiger partial charge in [-0.05, 0) is 116 Å². The summed E-state index contributed by atoms with van der Waals surface area (Å²) in [6.45, 7) is 4.69. The van der Waals surface area contributed by atoms with Crippen LogP contribution in [0.5, 0.6) is 0 Å². The number of nitrogens with zero attached hydrogens (tertiary/aromatic N) is 2. The van der Waals surface area contributed by atoms with Crippen LogP contribution in [-0.2, 0) is 5.41 Å². The molecule has 2 aromatic heterocycles. The summed E-state index contributed by atoms with van der Waals surface area (Å²) in [7, 11) is 0. The van der Waals surface area contributed by atoms with Crippen molar-refractivity contribution in [3.63, 3.8) is 0 Å². The fourth-order valence-corrected chi connectivity index (χ4v) is 10.6. The molecule has 0 aliphatic heterocycles. The molecular weight excluding hydrogens is 777 g/mol. The van der Waals surface area contributed by atoms with E-state index in [9.17, 15) is 0 Å². The topological polar surface area (TPSA) is 21.3 Å². The second kappa shape index (κ2) is 13.9. The maximum Gasteiger partial charge on any atom is 0.159 e. The van der Waals surface area contributed by atoms with E-state index >= 15 is 0 Å². The van der Waals surface area contributed by atoms with Gasteiger partial charge in [-0.25, -0.2) is 0 Å². The first kappa shape index (κ1) is 36.5. The summed E-state index contributed by atoms with van der Waals surface area (Å²) in [4.78, 5) is 2.38. The predicted molar refractivity (Wildman–Crippen MR) is 269 cm³/mol. The molecule has 1 aliphatic carbocycles. The lowest BCUT2D eigenvalue weighted by Crippen LogP contribution is -2.16. The first-order valence-corrected chi connectivity index (χ1v) is 22.2. The molecule has 302 valence electrons. The van der Waals surface area contributed by atoms with Crippen molar-refractivity contribution < 1.29 is 4.42 Å². The zero-order valence-corrected chi connectivity index (χ0v) is 35.6. The standard InChI is InChI=1S/C61H42N2O/c1-61(2)53-18-8-5-14-48(53)49-36-35-46(38-54(49)61)62(57-21-11-17-52-59-47-13-4-3-12-43(47)30-37-58(59)64-60(52)57)44-31-26-41(27-32-44)39-22-24-40(25-23-39)42-28-33-45(34-29-42)63-55-19-9-6-15-50(55)51-16-7-10-20-56(51)63/h3-38H,1-2H3. The highest BCUT2D eigenvalue weighted by molar-refractivity contribution is 6.21. The quantitative estimate of drug-likeness (QED) is 0.167. The van der Waals surface area contributed by atoms with Gasteiger partial charge in [-0.3, -0.25) is 0 Å². The molecule has 0 N–H and O–H groups in total. The Hall–Kier alpha value is -8.14. The third-order valence-corrected chi connectivity index (χ3v) is 13.8. The third kappa shape index (κ3) is 5.47. The van der Waals surface area contributed by atoms with Crippen LogP contribution in [0.4, 0.5) is 17.1 Å². The van der Waals surface area contributed by atoms with Gasteiger partial charge < -0.3 is 13.9 Å². The molecule has 0 atom stereocenters. The van der Waals surface area contributed by atoms with E-state index in [0.717, 1.165) is 50.3 Å². The SMILES string of the molecule is CC1(C)c2ccccc2-c2ccc(N(c3ccc(-c4ccc(-c5ccc(-n6c7ccccc7c7ccccc76)cc5)cc4)cc3)c3cccc4c3oc3ccc5ccccc5c34)cc21. The molecule has 2 heterocycles. The van der Waals surface area contributed by atoms with Gasteiger partial charge in [0.05, 0.1) is 16.7 Å². The van der Waals surface area contributed by atoms with Gasteiger partial charge in [-0.1, -0.05) is 172 Å². The zero-order chi connectivity index (χ0) is 42.5. The fraction of sp³-hybridized carbons (Fsp3) is 0.0492. The van der Waals surface area contributed by atoms with E-state index in [-0.39, 0.29) is 5.41 Å². The van der Waals surface area contributed by atoms with Crippen molar-refractivity contribution in [2.45, 2.75) is 19.3 Å². The smallest absolute Gasteiger partial charge is 0.159 e. The van der Waals surface area contributed by atoms with Gasteiger partial charge in [-0.2, -0.15) is 0 Å². The Morgan fingerprint density at radius 3 is 1.67 bits per heavy atom. The Labute approximate surface area is 371 Å². The molecule has 12 aromatic rings. The molecule has 0 bridgehead atoms. The molecule has 1 aliphatic rings. The number of hydrogen-bond acceptors (Lipinski definition) is 2. The maximum atomic E-state index is 6.86. The lowest BCUT2D eigenvalue weighted by Gasteiger charge is -2.28. The second-order valence-corrected chi connectivity index (χ2v) is 17.7. The Kier molecular flexibility index (Phi) is 7.95. The summed E-state index contributed by atoms with van der Waals surface area (Å²) >= 11 is 0. The Morgan fingerprint density at radius 1 is 0.422 bits per heavy atom. The second-order valence-electron chi connectivity index (χ2n) is 17.7. The largest absolute Gasteiger partial charge is 0.454 e. The van der Waals surface area contributed by atoms with Gasteiger partial charge >= 0.3 is 0 Å². The normalized spacial score (nSPS) is 13.0. The van der Waals surface area contributed by atoms with Crippen molar-refractivity contribution in [1.29, 1.82) is 0 Å². The number of benzene rings is 10. The molecule has 0 unspecified atom stereocenters. The molecule has 64 heavy (non-hydrogen) atoms. The van der Waals surface area contributed by atoms with Crippen molar-refractivity contribution in [3.05, 3.63) is 230 Å². The van der Waals surface area contributed by atoms with Crippen molar-refractivity contribution in [1.82, 2.24) is 4.57 Å². The number of aromatic nitrogens is 1. The molecule has 0 fully saturated rings. The molecule has 0 radical (unpaired) electrons. The van der Waals surface area contributed by atoms with Crippen LogP contribution in [0.15, 0.2) is 223 Å². The Morgan fingerprint density at radius 2 is 0.969 bits per heavy atom. The van der Waals surface area contributed by atoms with Crippen LogP contribution < -0.4 is 4.90 Å². The average molecular weight is 819 g/mol. The lowest BCUT2D eigenvalue weighted by atomic mass is 9.82. The molecule has 3 nitrogen and oxygen atoms in total. The van der Waals surface area contributed by atoms with E-state index in [1.54, 1.807) is 0 Å². The summed E-state index contributed by atoms with van der Waals surface area (Å²) in [5.41, 5.74) is 18.4. The summed E-state index contributed by atoms with van der Waals surface area (Å²) in [5, 5.41) is 7.22. The van der Waals surface area contributed by atoms with E-state index in [1.165, 1.54) is 71.5 Å². The number of hydrogen-bond donors (Lipinski definition) is 0. The van der Waals surface area contributed by atoms with E-state index < -0.39 is 0 Å². The molecule has 0 saturated heterocycles. The molecule has 3 heteroatoms. The van der Waals surface area contributed by atoms with Crippen LogP contribution in [0.2, 0.25) is 0 Å². The van der Waals surface area contributed by atoms with E-state index in [0.29, 0.717) is 0 Å². The lowest BCUT2D eigenvalue weighted by molar-refractivity contribution is 0.660. The van der Waals surface area contributed by atoms with Crippen molar-refractivity contribution in [3.8, 4) is 39.1 Å². The summed E-state index contributed by atoms with van der Waals surface area (Å²) in [5.74, 6) is 0. The van der Waals surface area contributed by atoms with Crippen molar-refractivity contribution in [2.24, 2.45) is 0 Å². The van der Waals surface area contributed by atoms with E-state index in [4.69, 9.17) is 4.42 Å². The number of fused-ring (bicyclic) bond motifs is 11. The minimum absolute atomic E-state index is 0.137. The highest BCUT2D eigenvalue weighted by Crippen LogP contribution is 2.51. The van der Waals surface area contributed by atoms with E-state index in [1.807, 2.05) is 0 Å². The van der Waals surface area contributed by atoms with Crippen LogP contribution >= 0.6 is 0 Å². The van der Waals surface area contributed by atoms with Crippen LogP contribution in [0.1, 0.15) is 25.0 Å². The molecule has 13 rings (SSSR count). The maximum absolute atomic E-state index is 6.86. The predicted octanol–water partition coefficient (Wildman–Crippen LogP) is 16.9. The first-order chi connectivity index (χ1) is 31.5. The van der Waals surface area contributed by atoms with Gasteiger partial charge in [-0.15, -0.1) is 0 Å². The number of rotatable bonds is 6. The van der Waals surface area contributed by atoms with Crippen LogP contribution in [0.25, 0.3) is 93.6 Å². The van der Waals surface area contributed by atoms with Crippen molar-refractivity contribution >= 4 is 71.6 Å². The minimum atomic E-state index is -0.137. The van der Waals surface area contributed by atoms with Gasteiger partial charge in [0.15, 0.2) is 5.58 Å². The summed E-state index contributed by atoms with van der Waals surface area (Å²) < 4.78 is 9.22. The third-order valence-electron chi connectivity index (χ3n) is 13.8. The summed E-state index contributed by atoms with van der Waals surface area (Å²) in [6, 6.07) is 79.5. The molecule has 10 aromatic carbocycles. The Balaban J connectivity index is 0.871. The van der Waals surface area contributed by atoms with Crippen LogP contribution in [-0.4, -0.2) is 4.57 Å². The van der Waals surface area contributed by atoms with Gasteiger partial charge in [0.25, 0.3) is 0 Å². The van der Waals surface area contributed by atoms with Crippen LogP contribution in [0.3, 0.4) is 0 Å². The number of anilines is 3. The number of furan rings is 1. The molecular formula is C61H42N2O. The monoisotopic (exact) mass is 818 g/mol. The molecule has 0 spiro atoms. The first-order valence-electron chi connectivity index (χ1n) is 22.2.